The van der Waals surface area contributed by atoms with Gasteiger partial charge in [0.15, 0.2) is 0 Å². The molecule has 0 bridgehead atoms. The molecule has 0 N–H and O–H groups in total. The van der Waals surface area contributed by atoms with Crippen molar-refractivity contribution in [3.05, 3.63) is 42.2 Å². The topological polar surface area (TPSA) is 47.5 Å². The van der Waals surface area contributed by atoms with E-state index in [0.717, 1.165) is 44.1 Å². The summed E-state index contributed by atoms with van der Waals surface area (Å²) in [6.07, 6.45) is 3.72. The highest BCUT2D eigenvalue weighted by molar-refractivity contribution is 5.58. The lowest BCUT2D eigenvalue weighted by Crippen LogP contribution is -2.35. The van der Waals surface area contributed by atoms with Crippen molar-refractivity contribution >= 4 is 0 Å². The number of aromatic nitrogens is 2. The Morgan fingerprint density at radius 3 is 2.57 bits per heavy atom. The minimum absolute atomic E-state index is 0.614. The number of methoxy groups -OCH3 is 1. The molecule has 0 unspecified atom stereocenters. The molecule has 2 aromatic heterocycles. The van der Waals surface area contributed by atoms with E-state index >= 15 is 0 Å². The van der Waals surface area contributed by atoms with Crippen LogP contribution >= 0.6 is 0 Å². The molecule has 3 heterocycles. The van der Waals surface area contributed by atoms with Crippen LogP contribution in [0.1, 0.15) is 5.56 Å². The molecule has 0 aliphatic carbocycles. The maximum absolute atomic E-state index is 5.36. The molecule has 3 rings (SSSR count). The summed E-state index contributed by atoms with van der Waals surface area (Å²) in [6, 6.07) is 7.98. The Kier molecular flexibility index (Phi) is 4.43. The van der Waals surface area contributed by atoms with Gasteiger partial charge in [-0.3, -0.25) is 9.88 Å². The Hall–Kier alpha value is -1.98. The SMILES string of the molecule is COc1ccc(-c2ccc(CN3CCOCC3)cn2)cn1. The second-order valence-electron chi connectivity index (χ2n) is 5.03. The van der Waals surface area contributed by atoms with Gasteiger partial charge in [0, 0.05) is 43.7 Å². The van der Waals surface area contributed by atoms with Crippen molar-refractivity contribution in [2.24, 2.45) is 0 Å². The summed E-state index contributed by atoms with van der Waals surface area (Å²) in [7, 11) is 1.61. The van der Waals surface area contributed by atoms with E-state index in [9.17, 15) is 0 Å². The predicted molar refractivity (Wildman–Crippen MR) is 80.1 cm³/mol. The quantitative estimate of drug-likeness (QED) is 0.859. The molecule has 1 aliphatic heterocycles. The molecular formula is C16H19N3O2. The molecule has 2 aromatic rings. The Morgan fingerprint density at radius 1 is 1.10 bits per heavy atom. The van der Waals surface area contributed by atoms with Crippen LogP contribution in [0.5, 0.6) is 5.88 Å². The van der Waals surface area contributed by atoms with E-state index in [2.05, 4.69) is 20.9 Å². The molecule has 21 heavy (non-hydrogen) atoms. The highest BCUT2D eigenvalue weighted by Gasteiger charge is 2.11. The van der Waals surface area contributed by atoms with Crippen LogP contribution in [0.4, 0.5) is 0 Å². The normalized spacial score (nSPS) is 15.9. The van der Waals surface area contributed by atoms with Gasteiger partial charge < -0.3 is 9.47 Å². The van der Waals surface area contributed by atoms with Crippen molar-refractivity contribution in [2.45, 2.75) is 6.54 Å². The molecule has 1 aliphatic rings. The number of morpholine rings is 1. The van der Waals surface area contributed by atoms with Crippen LogP contribution in [-0.2, 0) is 11.3 Å². The zero-order valence-corrected chi connectivity index (χ0v) is 12.2. The van der Waals surface area contributed by atoms with E-state index in [-0.39, 0.29) is 0 Å². The maximum atomic E-state index is 5.36. The Morgan fingerprint density at radius 2 is 1.95 bits per heavy atom. The zero-order chi connectivity index (χ0) is 14.5. The van der Waals surface area contributed by atoms with Gasteiger partial charge in [0.1, 0.15) is 0 Å². The van der Waals surface area contributed by atoms with Crippen molar-refractivity contribution in [3.8, 4) is 17.1 Å². The first-order valence-corrected chi connectivity index (χ1v) is 7.10. The van der Waals surface area contributed by atoms with Gasteiger partial charge >= 0.3 is 0 Å². The zero-order valence-electron chi connectivity index (χ0n) is 12.2. The average molecular weight is 285 g/mol. The standard InChI is InChI=1S/C16H19N3O2/c1-20-16-5-3-14(11-18-16)15-4-2-13(10-17-15)12-19-6-8-21-9-7-19/h2-5,10-11H,6-9,12H2,1H3. The van der Waals surface area contributed by atoms with Gasteiger partial charge in [0.05, 0.1) is 26.0 Å². The van der Waals surface area contributed by atoms with Gasteiger partial charge in [-0.2, -0.15) is 0 Å². The molecule has 110 valence electrons. The lowest BCUT2D eigenvalue weighted by molar-refractivity contribution is 0.0341. The Balaban J connectivity index is 1.67. The summed E-state index contributed by atoms with van der Waals surface area (Å²) in [4.78, 5) is 11.1. The molecule has 1 fully saturated rings. The van der Waals surface area contributed by atoms with E-state index in [0.29, 0.717) is 5.88 Å². The summed E-state index contributed by atoms with van der Waals surface area (Å²) in [6.45, 7) is 4.55. The lowest BCUT2D eigenvalue weighted by atomic mass is 10.1. The molecule has 0 radical (unpaired) electrons. The van der Waals surface area contributed by atoms with E-state index in [1.54, 1.807) is 13.3 Å². The molecule has 5 heteroatoms. The van der Waals surface area contributed by atoms with Crippen LogP contribution in [0.2, 0.25) is 0 Å². The first-order chi connectivity index (χ1) is 10.3. The number of rotatable bonds is 4. The fraction of sp³-hybridized carbons (Fsp3) is 0.375. The summed E-state index contributed by atoms with van der Waals surface area (Å²) in [5.74, 6) is 0.614. The third-order valence-electron chi connectivity index (χ3n) is 3.58. The minimum Gasteiger partial charge on any atom is -0.481 e. The summed E-state index contributed by atoms with van der Waals surface area (Å²) in [5, 5.41) is 0. The van der Waals surface area contributed by atoms with Gasteiger partial charge in [-0.15, -0.1) is 0 Å². The first-order valence-electron chi connectivity index (χ1n) is 7.10. The summed E-state index contributed by atoms with van der Waals surface area (Å²) >= 11 is 0. The average Bonchev–Trinajstić information content (AvgIpc) is 2.57. The molecule has 0 saturated carbocycles. The van der Waals surface area contributed by atoms with E-state index in [1.165, 1.54) is 5.56 Å². The fourth-order valence-corrected chi connectivity index (χ4v) is 2.36. The Bertz CT molecular complexity index is 563. The number of nitrogens with zero attached hydrogens (tertiary/aromatic N) is 3. The van der Waals surface area contributed by atoms with Crippen LogP contribution in [0.25, 0.3) is 11.3 Å². The van der Waals surface area contributed by atoms with E-state index in [1.807, 2.05) is 24.4 Å². The monoisotopic (exact) mass is 285 g/mol. The van der Waals surface area contributed by atoms with Crippen LogP contribution in [0, 0.1) is 0 Å². The van der Waals surface area contributed by atoms with Gasteiger partial charge in [-0.25, -0.2) is 4.98 Å². The van der Waals surface area contributed by atoms with Crippen LogP contribution in [-0.4, -0.2) is 48.3 Å². The molecule has 0 amide bonds. The van der Waals surface area contributed by atoms with Gasteiger partial charge in [-0.05, 0) is 17.7 Å². The molecule has 0 spiro atoms. The third kappa shape index (κ3) is 3.56. The number of pyridine rings is 2. The minimum atomic E-state index is 0.614. The third-order valence-corrected chi connectivity index (χ3v) is 3.58. The van der Waals surface area contributed by atoms with Crippen molar-refractivity contribution in [1.29, 1.82) is 0 Å². The van der Waals surface area contributed by atoms with E-state index < -0.39 is 0 Å². The van der Waals surface area contributed by atoms with Gasteiger partial charge in [-0.1, -0.05) is 6.07 Å². The lowest BCUT2D eigenvalue weighted by Gasteiger charge is -2.26. The first kappa shape index (κ1) is 14.0. The second kappa shape index (κ2) is 6.65. The summed E-state index contributed by atoms with van der Waals surface area (Å²) in [5.41, 5.74) is 3.15. The highest BCUT2D eigenvalue weighted by Crippen LogP contribution is 2.18. The number of hydrogen-bond acceptors (Lipinski definition) is 5. The van der Waals surface area contributed by atoms with Gasteiger partial charge in [0.2, 0.25) is 5.88 Å². The van der Waals surface area contributed by atoms with Gasteiger partial charge in [0.25, 0.3) is 0 Å². The molecule has 1 saturated heterocycles. The highest BCUT2D eigenvalue weighted by atomic mass is 16.5. The maximum Gasteiger partial charge on any atom is 0.212 e. The van der Waals surface area contributed by atoms with Crippen LogP contribution in [0.15, 0.2) is 36.7 Å². The van der Waals surface area contributed by atoms with E-state index in [4.69, 9.17) is 9.47 Å². The largest absolute Gasteiger partial charge is 0.481 e. The number of hydrogen-bond donors (Lipinski definition) is 0. The molecular weight excluding hydrogens is 266 g/mol. The smallest absolute Gasteiger partial charge is 0.212 e. The molecule has 5 nitrogen and oxygen atoms in total. The van der Waals surface area contributed by atoms with Crippen molar-refractivity contribution in [3.63, 3.8) is 0 Å². The van der Waals surface area contributed by atoms with Crippen molar-refractivity contribution in [1.82, 2.24) is 14.9 Å². The Labute approximate surface area is 124 Å². The fourth-order valence-electron chi connectivity index (χ4n) is 2.36. The van der Waals surface area contributed by atoms with Crippen molar-refractivity contribution in [2.75, 3.05) is 33.4 Å². The van der Waals surface area contributed by atoms with Crippen LogP contribution in [0.3, 0.4) is 0 Å². The predicted octanol–water partition coefficient (Wildman–Crippen LogP) is 1.98. The summed E-state index contributed by atoms with van der Waals surface area (Å²) < 4.78 is 10.4. The van der Waals surface area contributed by atoms with Crippen molar-refractivity contribution < 1.29 is 9.47 Å². The van der Waals surface area contributed by atoms with Crippen LogP contribution < -0.4 is 4.74 Å². The second-order valence-corrected chi connectivity index (χ2v) is 5.03. The number of ether oxygens (including phenoxy) is 2. The molecule has 0 aromatic carbocycles. The molecule has 0 atom stereocenters.